The van der Waals surface area contributed by atoms with Crippen LogP contribution in [0.5, 0.6) is 23.0 Å². The van der Waals surface area contributed by atoms with Gasteiger partial charge in [-0.2, -0.15) is 0 Å². The summed E-state index contributed by atoms with van der Waals surface area (Å²) in [6, 6.07) is 44.4. The number of aromatic nitrogens is 2. The van der Waals surface area contributed by atoms with Gasteiger partial charge in [-0.25, -0.2) is 0 Å². The fraction of sp³-hybridized carbons (Fsp3) is 0.222. The second kappa shape index (κ2) is 11.7. The van der Waals surface area contributed by atoms with Crippen LogP contribution in [0.2, 0.25) is 0 Å². The summed E-state index contributed by atoms with van der Waals surface area (Å²) in [5, 5.41) is 7.02. The third-order valence-corrected chi connectivity index (χ3v) is 13.2. The van der Waals surface area contributed by atoms with Crippen LogP contribution in [-0.4, -0.2) is 15.8 Å². The Hall–Kier alpha value is -6.40. The Bertz CT molecular complexity index is 3500. The van der Waals surface area contributed by atoms with E-state index < -0.39 is 0 Å². The lowest BCUT2D eigenvalue weighted by Crippen LogP contribution is -2.58. The quantitative estimate of drug-likeness (QED) is 0.156. The fourth-order valence-corrected chi connectivity index (χ4v) is 10.3. The monoisotopic (exact) mass is 782 g/mol. The zero-order chi connectivity index (χ0) is 41.2. The first kappa shape index (κ1) is 35.5. The van der Waals surface area contributed by atoms with Crippen LogP contribution in [0.1, 0.15) is 73.4 Å². The molecule has 2 aliphatic rings. The normalized spacial score (nSPS) is 14.0. The summed E-state index contributed by atoms with van der Waals surface area (Å²) in [6.07, 6.45) is 0. The van der Waals surface area contributed by atoms with E-state index in [1.165, 1.54) is 43.7 Å². The lowest BCUT2D eigenvalue weighted by Gasteiger charge is -2.36. The Labute approximate surface area is 350 Å². The van der Waals surface area contributed by atoms with Gasteiger partial charge in [-0.1, -0.05) is 108 Å². The first-order valence-corrected chi connectivity index (χ1v) is 21.3. The maximum Gasteiger partial charge on any atom is 0.261 e. The Morgan fingerprint density at radius 1 is 0.467 bits per heavy atom. The van der Waals surface area contributed by atoms with Crippen molar-refractivity contribution in [3.8, 4) is 28.7 Å². The number of fused-ring (bicyclic) bond motifs is 14. The van der Waals surface area contributed by atoms with E-state index in [-0.39, 0.29) is 23.1 Å². The number of hydrogen-bond donors (Lipinski definition) is 0. The first-order chi connectivity index (χ1) is 28.6. The number of furan rings is 1. The van der Waals surface area contributed by atoms with Crippen molar-refractivity contribution in [2.75, 3.05) is 0 Å². The summed E-state index contributed by atoms with van der Waals surface area (Å²) in [5.41, 5.74) is 12.8. The van der Waals surface area contributed by atoms with Crippen LogP contribution in [0.15, 0.2) is 126 Å². The molecule has 7 aromatic carbocycles. The number of rotatable bonds is 1. The minimum absolute atomic E-state index is 0.0507. The van der Waals surface area contributed by atoms with E-state index in [0.29, 0.717) is 0 Å². The molecule has 0 aliphatic carbocycles. The molecule has 294 valence electrons. The molecule has 0 N–H and O–H groups in total. The highest BCUT2D eigenvalue weighted by Crippen LogP contribution is 2.46. The van der Waals surface area contributed by atoms with Gasteiger partial charge in [-0.3, -0.25) is 0 Å². The number of benzene rings is 7. The molecule has 5 heterocycles. The molecular weight excluding hydrogens is 735 g/mol. The van der Waals surface area contributed by atoms with E-state index in [0.717, 1.165) is 78.0 Å². The SMILES string of the molecule is CC(C)(C)c1cc2c3c(c1)Oc1cc(-n4c5ccccc5c5cc6c(cc54)c4ccccc4n6C(C)(C)C)c4oc5ccccc5c4c1B3c1cc(C(C)(C)C)ccc1O2. The second-order valence-corrected chi connectivity index (χ2v) is 20.1. The predicted octanol–water partition coefficient (Wildman–Crippen LogP) is 12.9. The summed E-state index contributed by atoms with van der Waals surface area (Å²) in [4.78, 5) is 0. The highest BCUT2D eigenvalue weighted by atomic mass is 16.5. The van der Waals surface area contributed by atoms with Crippen LogP contribution in [-0.2, 0) is 16.4 Å². The molecule has 0 spiro atoms. The van der Waals surface area contributed by atoms with Crippen molar-refractivity contribution < 1.29 is 13.9 Å². The lowest BCUT2D eigenvalue weighted by molar-refractivity contribution is 0.423. The topological polar surface area (TPSA) is 41.5 Å². The number of nitrogens with zero attached hydrogens (tertiary/aromatic N) is 2. The van der Waals surface area contributed by atoms with Gasteiger partial charge in [0.15, 0.2) is 5.58 Å². The van der Waals surface area contributed by atoms with Crippen molar-refractivity contribution in [3.63, 3.8) is 0 Å². The van der Waals surface area contributed by atoms with Gasteiger partial charge in [0.1, 0.15) is 28.6 Å². The van der Waals surface area contributed by atoms with Gasteiger partial charge in [-0.15, -0.1) is 0 Å². The van der Waals surface area contributed by atoms with Gasteiger partial charge >= 0.3 is 0 Å². The van der Waals surface area contributed by atoms with Crippen molar-refractivity contribution in [2.45, 2.75) is 78.7 Å². The zero-order valence-corrected chi connectivity index (χ0v) is 35.7. The molecule has 0 atom stereocenters. The molecule has 10 aromatic rings. The largest absolute Gasteiger partial charge is 0.458 e. The molecule has 3 aromatic heterocycles. The average Bonchev–Trinajstić information content (AvgIpc) is 3.86. The van der Waals surface area contributed by atoms with Gasteiger partial charge in [0.25, 0.3) is 6.71 Å². The van der Waals surface area contributed by atoms with Crippen LogP contribution in [0, 0.1) is 0 Å². The van der Waals surface area contributed by atoms with Gasteiger partial charge in [0.2, 0.25) is 0 Å². The lowest BCUT2D eigenvalue weighted by atomic mass is 9.34. The van der Waals surface area contributed by atoms with Crippen LogP contribution >= 0.6 is 0 Å². The van der Waals surface area contributed by atoms with E-state index in [1.807, 2.05) is 0 Å². The molecule has 12 rings (SSSR count). The van der Waals surface area contributed by atoms with Crippen LogP contribution < -0.4 is 25.9 Å². The number of ether oxygens (including phenoxy) is 2. The summed E-state index contributed by atoms with van der Waals surface area (Å²) in [6.45, 7) is 20.3. The highest BCUT2D eigenvalue weighted by molar-refractivity contribution is 6.99. The fourth-order valence-electron chi connectivity index (χ4n) is 10.3. The average molecular weight is 783 g/mol. The molecule has 0 amide bonds. The Morgan fingerprint density at radius 3 is 1.75 bits per heavy atom. The van der Waals surface area contributed by atoms with Crippen molar-refractivity contribution in [1.82, 2.24) is 9.13 Å². The van der Waals surface area contributed by atoms with E-state index in [4.69, 9.17) is 13.9 Å². The van der Waals surface area contributed by atoms with Gasteiger partial charge in [-0.05, 0) is 102 Å². The molecule has 6 heteroatoms. The molecular formula is C54H47BN2O3. The Kier molecular flexibility index (Phi) is 6.91. The molecule has 0 fully saturated rings. The number of hydrogen-bond acceptors (Lipinski definition) is 3. The van der Waals surface area contributed by atoms with Crippen molar-refractivity contribution in [3.05, 3.63) is 132 Å². The molecule has 0 saturated carbocycles. The second-order valence-electron chi connectivity index (χ2n) is 20.1. The summed E-state index contributed by atoms with van der Waals surface area (Å²) < 4.78 is 26.2. The smallest absolute Gasteiger partial charge is 0.261 e. The maximum absolute atomic E-state index is 7.29. The van der Waals surface area contributed by atoms with E-state index >= 15 is 0 Å². The minimum atomic E-state index is -0.141. The van der Waals surface area contributed by atoms with Crippen LogP contribution in [0.25, 0.3) is 71.2 Å². The molecule has 0 bridgehead atoms. The van der Waals surface area contributed by atoms with Crippen molar-refractivity contribution >= 4 is 88.7 Å². The van der Waals surface area contributed by atoms with E-state index in [1.54, 1.807) is 0 Å². The first-order valence-electron chi connectivity index (χ1n) is 21.3. The van der Waals surface area contributed by atoms with Crippen molar-refractivity contribution in [1.29, 1.82) is 0 Å². The summed E-state index contributed by atoms with van der Waals surface area (Å²) in [7, 11) is 0. The van der Waals surface area contributed by atoms with E-state index in [2.05, 4.69) is 193 Å². The van der Waals surface area contributed by atoms with Gasteiger partial charge in [0, 0.05) is 54.9 Å². The molecule has 0 unspecified atom stereocenters. The Morgan fingerprint density at radius 2 is 1.05 bits per heavy atom. The molecule has 60 heavy (non-hydrogen) atoms. The molecule has 5 nitrogen and oxygen atoms in total. The van der Waals surface area contributed by atoms with E-state index in [9.17, 15) is 0 Å². The minimum Gasteiger partial charge on any atom is -0.458 e. The standard InChI is InChI=1S/C54H47BN2O3/c1-52(2,3)30-22-23-44-37(24-30)55-49-45(58-44)25-31(53(4,5)6)26-46(49)59-47-29-42(51-48(50(47)55)34-18-12-15-21-43(34)60-51)56-38-19-13-10-16-32(38)35-28-41-36(27-40(35)56)33-17-11-14-20-39(33)57(41)54(7,8)9/h10-29H,1-9H3. The molecule has 0 radical (unpaired) electrons. The zero-order valence-electron chi connectivity index (χ0n) is 35.7. The number of para-hydroxylation sites is 3. The van der Waals surface area contributed by atoms with Crippen LogP contribution in [0.4, 0.5) is 0 Å². The Balaban J connectivity index is 1.23. The maximum atomic E-state index is 7.29. The van der Waals surface area contributed by atoms with Crippen LogP contribution in [0.3, 0.4) is 0 Å². The molecule has 0 saturated heterocycles. The summed E-state index contributed by atoms with van der Waals surface area (Å²) in [5.74, 6) is 3.42. The third kappa shape index (κ3) is 4.82. The van der Waals surface area contributed by atoms with Gasteiger partial charge < -0.3 is 23.0 Å². The van der Waals surface area contributed by atoms with Gasteiger partial charge in [0.05, 0.1) is 22.2 Å². The van der Waals surface area contributed by atoms with Crippen molar-refractivity contribution in [2.24, 2.45) is 0 Å². The predicted molar refractivity (Wildman–Crippen MR) is 251 cm³/mol. The summed E-state index contributed by atoms with van der Waals surface area (Å²) >= 11 is 0. The molecule has 2 aliphatic heterocycles. The third-order valence-electron chi connectivity index (χ3n) is 13.2. The highest BCUT2D eigenvalue weighted by Gasteiger charge is 2.44.